The zero-order valence-corrected chi connectivity index (χ0v) is 20.8. The summed E-state index contributed by atoms with van der Waals surface area (Å²) in [6, 6.07) is 30.2. The normalized spacial score (nSPS) is 16.9. The van der Waals surface area contributed by atoms with Crippen molar-refractivity contribution in [1.82, 2.24) is 0 Å². The monoisotopic (exact) mass is 496 g/mol. The summed E-state index contributed by atoms with van der Waals surface area (Å²) in [7, 11) is 0. The second kappa shape index (κ2) is 13.9. The van der Waals surface area contributed by atoms with E-state index in [9.17, 15) is 5.11 Å². The van der Waals surface area contributed by atoms with Crippen LogP contribution in [0.3, 0.4) is 0 Å². The first-order chi connectivity index (χ1) is 16.8. The molecule has 0 saturated carbocycles. The third-order valence-electron chi connectivity index (χ3n) is 5.59. The summed E-state index contributed by atoms with van der Waals surface area (Å²) in [6.07, 6.45) is -1.59. The Balaban J connectivity index is 1.46. The molecule has 6 heteroatoms. The molecule has 0 radical (unpaired) electrons. The Bertz CT molecular complexity index is 936. The molecule has 3 aromatic rings. The first kappa shape index (κ1) is 25.3. The molecule has 3 aromatic carbocycles. The third kappa shape index (κ3) is 7.87. The molecular formula is C28H32O4S2. The first-order valence-corrected chi connectivity index (χ1v) is 13.7. The lowest BCUT2D eigenvalue weighted by molar-refractivity contribution is -0.142. The van der Waals surface area contributed by atoms with Crippen LogP contribution < -0.4 is 0 Å². The highest BCUT2D eigenvalue weighted by molar-refractivity contribution is 8.20. The first-order valence-electron chi connectivity index (χ1n) is 11.6. The molecule has 0 unspecified atom stereocenters. The Morgan fingerprint density at radius 1 is 0.676 bits per heavy atom. The third-order valence-corrected chi connectivity index (χ3v) is 8.74. The van der Waals surface area contributed by atoms with Gasteiger partial charge >= 0.3 is 0 Å². The maximum Gasteiger partial charge on any atom is 0.114 e. The van der Waals surface area contributed by atoms with Gasteiger partial charge in [-0.05, 0) is 16.7 Å². The number of aliphatic hydroxyl groups excluding tert-OH is 1. The van der Waals surface area contributed by atoms with Crippen molar-refractivity contribution < 1.29 is 19.3 Å². The van der Waals surface area contributed by atoms with Crippen molar-refractivity contribution in [1.29, 1.82) is 0 Å². The lowest BCUT2D eigenvalue weighted by Crippen LogP contribution is -2.47. The van der Waals surface area contributed by atoms with E-state index in [1.807, 2.05) is 102 Å². The van der Waals surface area contributed by atoms with Crippen LogP contribution in [0.1, 0.15) is 16.7 Å². The van der Waals surface area contributed by atoms with Crippen molar-refractivity contribution in [3.8, 4) is 0 Å². The van der Waals surface area contributed by atoms with E-state index < -0.39 is 12.2 Å². The number of ether oxygens (including phenoxy) is 3. The molecule has 1 heterocycles. The molecular weight excluding hydrogens is 464 g/mol. The van der Waals surface area contributed by atoms with E-state index in [0.717, 1.165) is 28.2 Å². The fourth-order valence-corrected chi connectivity index (χ4v) is 6.86. The zero-order valence-electron chi connectivity index (χ0n) is 19.2. The van der Waals surface area contributed by atoms with E-state index in [4.69, 9.17) is 14.2 Å². The molecule has 180 valence electrons. The average Bonchev–Trinajstić information content (AvgIpc) is 3.42. The van der Waals surface area contributed by atoms with Crippen LogP contribution in [0, 0.1) is 0 Å². The van der Waals surface area contributed by atoms with Crippen LogP contribution in [0.2, 0.25) is 0 Å². The minimum atomic E-state index is -0.810. The second-order valence-corrected chi connectivity index (χ2v) is 11.0. The van der Waals surface area contributed by atoms with Gasteiger partial charge in [0.05, 0.1) is 31.0 Å². The fourth-order valence-electron chi connectivity index (χ4n) is 3.82. The fraction of sp³-hybridized carbons (Fsp3) is 0.357. The van der Waals surface area contributed by atoms with Gasteiger partial charge in [-0.3, -0.25) is 0 Å². The molecule has 3 atom stereocenters. The number of hydrogen-bond acceptors (Lipinski definition) is 6. The van der Waals surface area contributed by atoms with Crippen molar-refractivity contribution in [2.45, 2.75) is 42.7 Å². The van der Waals surface area contributed by atoms with E-state index in [-0.39, 0.29) is 17.3 Å². The van der Waals surface area contributed by atoms with Crippen molar-refractivity contribution in [3.63, 3.8) is 0 Å². The molecule has 1 N–H and O–H groups in total. The molecule has 0 aromatic heterocycles. The Kier molecular flexibility index (Phi) is 10.4. The van der Waals surface area contributed by atoms with Crippen LogP contribution in [-0.4, -0.2) is 46.1 Å². The molecule has 1 fully saturated rings. The van der Waals surface area contributed by atoms with Crippen LogP contribution in [0.5, 0.6) is 0 Å². The van der Waals surface area contributed by atoms with E-state index in [1.54, 1.807) is 0 Å². The van der Waals surface area contributed by atoms with Crippen LogP contribution in [0.15, 0.2) is 91.0 Å². The SMILES string of the molecule is O[C@H](COCc1ccccc1)[C@@H](OCc1ccccc1)[C@@H](OCc1ccccc1)C1SCCS1. The quantitative estimate of drug-likeness (QED) is 0.335. The van der Waals surface area contributed by atoms with Crippen LogP contribution in [0.25, 0.3) is 0 Å². The van der Waals surface area contributed by atoms with E-state index in [2.05, 4.69) is 12.1 Å². The van der Waals surface area contributed by atoms with Gasteiger partial charge in [-0.25, -0.2) is 0 Å². The van der Waals surface area contributed by atoms with Gasteiger partial charge in [0, 0.05) is 11.5 Å². The minimum Gasteiger partial charge on any atom is -0.388 e. The van der Waals surface area contributed by atoms with Gasteiger partial charge in [0.25, 0.3) is 0 Å². The van der Waals surface area contributed by atoms with Crippen LogP contribution >= 0.6 is 23.5 Å². The summed E-state index contributed by atoms with van der Waals surface area (Å²) < 4.78 is 18.9. The van der Waals surface area contributed by atoms with Gasteiger partial charge in [0.15, 0.2) is 0 Å². The average molecular weight is 497 g/mol. The Morgan fingerprint density at radius 2 is 1.15 bits per heavy atom. The lowest BCUT2D eigenvalue weighted by Gasteiger charge is -2.34. The Morgan fingerprint density at radius 3 is 1.68 bits per heavy atom. The number of benzene rings is 3. The van der Waals surface area contributed by atoms with Crippen LogP contribution in [0.4, 0.5) is 0 Å². The van der Waals surface area contributed by atoms with Gasteiger partial charge in [0.1, 0.15) is 18.3 Å². The van der Waals surface area contributed by atoms with Gasteiger partial charge in [-0.2, -0.15) is 0 Å². The van der Waals surface area contributed by atoms with E-state index in [1.165, 1.54) is 0 Å². The maximum atomic E-state index is 11.2. The number of aliphatic hydroxyl groups is 1. The van der Waals surface area contributed by atoms with Gasteiger partial charge in [-0.15, -0.1) is 23.5 Å². The molecule has 1 saturated heterocycles. The molecule has 4 nitrogen and oxygen atoms in total. The smallest absolute Gasteiger partial charge is 0.114 e. The van der Waals surface area contributed by atoms with Crippen molar-refractivity contribution >= 4 is 23.5 Å². The highest BCUT2D eigenvalue weighted by Crippen LogP contribution is 2.38. The molecule has 0 spiro atoms. The zero-order chi connectivity index (χ0) is 23.4. The highest BCUT2D eigenvalue weighted by Gasteiger charge is 2.38. The standard InChI is InChI=1S/C28H32O4S2/c29-25(21-30-18-22-10-4-1-5-11-22)26(31-19-23-12-6-2-7-13-23)27(28-33-16-17-34-28)32-20-24-14-8-3-9-15-24/h1-15,25-29H,16-21H2/t25-,26-,27-/m1/s1. The Hall–Kier alpha value is -1.80. The van der Waals surface area contributed by atoms with Gasteiger partial charge in [-0.1, -0.05) is 91.0 Å². The van der Waals surface area contributed by atoms with Gasteiger partial charge in [0.2, 0.25) is 0 Å². The van der Waals surface area contributed by atoms with Crippen molar-refractivity contribution in [2.75, 3.05) is 18.1 Å². The lowest BCUT2D eigenvalue weighted by atomic mass is 10.1. The molecule has 4 rings (SSSR count). The van der Waals surface area contributed by atoms with E-state index in [0.29, 0.717) is 19.8 Å². The predicted octanol–water partition coefficient (Wildman–Crippen LogP) is 5.54. The molecule has 0 amide bonds. The summed E-state index contributed by atoms with van der Waals surface area (Å²) in [5.74, 6) is 2.15. The number of rotatable bonds is 13. The Labute approximate surface area is 211 Å². The van der Waals surface area contributed by atoms with Crippen molar-refractivity contribution in [2.24, 2.45) is 0 Å². The topological polar surface area (TPSA) is 47.9 Å². The second-order valence-electron chi connectivity index (χ2n) is 8.20. The summed E-state index contributed by atoms with van der Waals surface area (Å²) in [5, 5.41) is 11.2. The molecule has 0 bridgehead atoms. The highest BCUT2D eigenvalue weighted by atomic mass is 32.2. The largest absolute Gasteiger partial charge is 0.388 e. The number of thioether (sulfide) groups is 2. The maximum absolute atomic E-state index is 11.2. The van der Waals surface area contributed by atoms with E-state index >= 15 is 0 Å². The summed E-state index contributed by atoms with van der Waals surface area (Å²) in [5.41, 5.74) is 3.26. The van der Waals surface area contributed by atoms with Crippen LogP contribution in [-0.2, 0) is 34.0 Å². The minimum absolute atomic E-state index is 0.182. The molecule has 34 heavy (non-hydrogen) atoms. The molecule has 1 aliphatic rings. The van der Waals surface area contributed by atoms with Gasteiger partial charge < -0.3 is 19.3 Å². The summed E-state index contributed by atoms with van der Waals surface area (Å²) in [4.78, 5) is 0. The molecule has 0 aliphatic carbocycles. The predicted molar refractivity (Wildman–Crippen MR) is 141 cm³/mol. The summed E-state index contributed by atoms with van der Waals surface area (Å²) >= 11 is 3.76. The summed E-state index contributed by atoms with van der Waals surface area (Å²) in [6.45, 7) is 1.52. The van der Waals surface area contributed by atoms with Crippen molar-refractivity contribution in [3.05, 3.63) is 108 Å². The molecule has 1 aliphatic heterocycles. The number of hydrogen-bond donors (Lipinski definition) is 1.